The highest BCUT2D eigenvalue weighted by molar-refractivity contribution is 6.32. The number of alkyl halides is 9. The highest BCUT2D eigenvalue weighted by atomic mass is 35.5. The maximum Gasteiger partial charge on any atom is 0.433 e. The monoisotopic (exact) mass is 1640 g/mol. The lowest BCUT2D eigenvalue weighted by Gasteiger charge is -2.31. The molecule has 3 aliphatic carbocycles. The van der Waals surface area contributed by atoms with Crippen LogP contribution in [0.3, 0.4) is 0 Å². The molecule has 0 saturated heterocycles. The predicted molar refractivity (Wildman–Crippen MR) is 431 cm³/mol. The number of nitrogens with zero attached hydrogens (tertiary/aromatic N) is 3. The highest BCUT2D eigenvalue weighted by Crippen LogP contribution is 2.40. The molecule has 0 atom stereocenters. The molecule has 30 heteroatoms. The molecule has 0 unspecified atom stereocenters. The van der Waals surface area contributed by atoms with Gasteiger partial charge < -0.3 is 47.9 Å². The van der Waals surface area contributed by atoms with E-state index in [1.807, 2.05) is 41.5 Å². The number of anilines is 6. The average Bonchev–Trinajstić information content (AvgIpc) is 0.779. The number of hydrogen-bond acceptors (Lipinski definition) is 12. The fourth-order valence-corrected chi connectivity index (χ4v) is 14.7. The Kier molecular flexibility index (Phi) is 29.1. The number of amides is 6. The summed E-state index contributed by atoms with van der Waals surface area (Å²) in [6, 6.07) is 32.2. The lowest BCUT2D eigenvalue weighted by molar-refractivity contribution is -0.141. The van der Waals surface area contributed by atoms with Gasteiger partial charge in [-0.3, -0.25) is 28.8 Å². The quantitative estimate of drug-likeness (QED) is 0.0305. The number of fused-ring (bicyclic) bond motifs is 3. The van der Waals surface area contributed by atoms with E-state index in [0.29, 0.717) is 178 Å². The Hall–Kier alpha value is -9.99. The van der Waals surface area contributed by atoms with Crippen molar-refractivity contribution in [3.8, 4) is 0 Å². The number of aryl methyl sites for hydroxylation is 3. The summed E-state index contributed by atoms with van der Waals surface area (Å²) in [6.45, 7) is 11.3. The SMILES string of the molecule is CCCC(=O)Nc1ccc(C(=O)NC2CCC(Nc3cc(C(F)(F)F)nc4ccc(Cl)cc34)CC2)cc1C.CCCC(=O)Nc1ccc(C(=O)NC2CCC(Nc3cc(C(F)(F)F)nc4ccc(Cl)cc34)CC2)cc1C.CCCC(=O)Nc1ccc(C(=O)NC2CCC(Nc3cc(C(F)(F)F)nc4ccc(Cl)cc34)CC2)cc1C. The first kappa shape index (κ1) is 86.4. The van der Waals surface area contributed by atoms with Crippen LogP contribution in [0.2, 0.25) is 15.1 Å². The van der Waals surface area contributed by atoms with Gasteiger partial charge in [-0.05, 0) is 261 Å². The maximum atomic E-state index is 13.4. The minimum Gasteiger partial charge on any atom is -0.382 e. The van der Waals surface area contributed by atoms with E-state index >= 15 is 0 Å². The van der Waals surface area contributed by atoms with E-state index in [1.165, 1.54) is 36.4 Å². The number of carbonyl (C=O) groups excluding carboxylic acids is 6. The summed E-state index contributed by atoms with van der Waals surface area (Å²) in [5.74, 6) is -0.761. The minimum absolute atomic E-state index is 0.0424. The molecule has 114 heavy (non-hydrogen) atoms. The van der Waals surface area contributed by atoms with E-state index in [1.54, 1.807) is 72.8 Å². The molecule has 18 nitrogen and oxygen atoms in total. The molecule has 9 N–H and O–H groups in total. The van der Waals surface area contributed by atoms with Gasteiger partial charge in [0.2, 0.25) is 17.7 Å². The van der Waals surface area contributed by atoms with E-state index in [0.717, 1.165) is 54.2 Å². The van der Waals surface area contributed by atoms with Gasteiger partial charge in [-0.2, -0.15) is 39.5 Å². The second-order valence-corrected chi connectivity index (χ2v) is 30.4. The lowest BCUT2D eigenvalue weighted by atomic mass is 9.90. The van der Waals surface area contributed by atoms with Crippen molar-refractivity contribution in [1.29, 1.82) is 0 Å². The Bertz CT molecular complexity index is 4500. The lowest BCUT2D eigenvalue weighted by Crippen LogP contribution is -2.40. The van der Waals surface area contributed by atoms with E-state index in [2.05, 4.69) is 62.8 Å². The van der Waals surface area contributed by atoms with Crippen LogP contribution in [0.4, 0.5) is 73.6 Å². The topological polar surface area (TPSA) is 249 Å². The molecule has 9 aromatic rings. The third-order valence-electron chi connectivity index (χ3n) is 20.2. The zero-order valence-electron chi connectivity index (χ0n) is 63.6. The second kappa shape index (κ2) is 38.4. The fraction of sp³-hybridized carbons (Fsp3) is 0.393. The molecule has 0 bridgehead atoms. The molecule has 0 aliphatic heterocycles. The zero-order valence-corrected chi connectivity index (χ0v) is 65.9. The van der Waals surface area contributed by atoms with Crippen molar-refractivity contribution < 1.29 is 68.3 Å². The molecule has 3 aromatic heterocycles. The Morgan fingerprint density at radius 2 is 0.570 bits per heavy atom. The van der Waals surface area contributed by atoms with Gasteiger partial charge in [-0.25, -0.2) is 15.0 Å². The van der Waals surface area contributed by atoms with Crippen LogP contribution in [0, 0.1) is 20.8 Å². The summed E-state index contributed by atoms with van der Waals surface area (Å²) >= 11 is 18.3. The molecular formula is C84H90Cl3F9N12O6. The number of pyridine rings is 3. The van der Waals surface area contributed by atoms with Gasteiger partial charge in [0.1, 0.15) is 17.1 Å². The Labute approximate surface area is 669 Å². The van der Waals surface area contributed by atoms with Crippen molar-refractivity contribution in [2.45, 2.75) is 212 Å². The number of rotatable bonds is 21. The highest BCUT2D eigenvalue weighted by Gasteiger charge is 2.37. The molecule has 3 saturated carbocycles. The van der Waals surface area contributed by atoms with E-state index in [-0.39, 0.29) is 88.2 Å². The minimum atomic E-state index is -4.57. The third-order valence-corrected chi connectivity index (χ3v) is 20.9. The summed E-state index contributed by atoms with van der Waals surface area (Å²) < 4.78 is 121. The maximum absolute atomic E-state index is 13.4. The summed E-state index contributed by atoms with van der Waals surface area (Å²) in [4.78, 5) is 85.4. The second-order valence-electron chi connectivity index (χ2n) is 29.1. The molecule has 6 aromatic carbocycles. The Morgan fingerprint density at radius 3 is 0.789 bits per heavy atom. The first-order valence-electron chi connectivity index (χ1n) is 38.1. The van der Waals surface area contributed by atoms with Crippen LogP contribution in [0.25, 0.3) is 32.7 Å². The number of aromatic nitrogens is 3. The number of halogens is 12. The molecule has 12 rings (SSSR count). The number of carbonyl (C=O) groups is 6. The molecule has 6 amide bonds. The van der Waals surface area contributed by atoms with Crippen molar-refractivity contribution in [1.82, 2.24) is 30.9 Å². The largest absolute Gasteiger partial charge is 0.433 e. The van der Waals surface area contributed by atoms with Crippen LogP contribution >= 0.6 is 34.8 Å². The average molecular weight is 1640 g/mol. The number of hydrogen-bond donors (Lipinski definition) is 9. The number of benzene rings is 6. The Balaban J connectivity index is 0.000000181. The van der Waals surface area contributed by atoms with E-state index in [4.69, 9.17) is 34.8 Å². The van der Waals surface area contributed by atoms with E-state index in [9.17, 15) is 68.3 Å². The van der Waals surface area contributed by atoms with Gasteiger partial charge >= 0.3 is 18.5 Å². The van der Waals surface area contributed by atoms with Crippen LogP contribution in [0.5, 0.6) is 0 Å². The summed E-state index contributed by atoms with van der Waals surface area (Å²) in [6.07, 6.45) is -1.94. The molecule has 3 heterocycles. The molecule has 606 valence electrons. The van der Waals surface area contributed by atoms with Crippen molar-refractivity contribution in [3.05, 3.63) is 193 Å². The van der Waals surface area contributed by atoms with Crippen LogP contribution in [-0.4, -0.2) is 86.6 Å². The summed E-state index contributed by atoms with van der Waals surface area (Å²) in [5, 5.41) is 30.4. The first-order chi connectivity index (χ1) is 54.1. The van der Waals surface area contributed by atoms with Crippen molar-refractivity contribution in [2.75, 3.05) is 31.9 Å². The van der Waals surface area contributed by atoms with E-state index < -0.39 is 35.6 Å². The van der Waals surface area contributed by atoms with Crippen LogP contribution < -0.4 is 47.9 Å². The van der Waals surface area contributed by atoms with Crippen LogP contribution in [-0.2, 0) is 32.9 Å². The summed E-state index contributed by atoms with van der Waals surface area (Å²) in [7, 11) is 0. The Morgan fingerprint density at radius 1 is 0.333 bits per heavy atom. The van der Waals surface area contributed by atoms with Gasteiger partial charge in [0.25, 0.3) is 17.7 Å². The smallest absolute Gasteiger partial charge is 0.382 e. The van der Waals surface area contributed by atoms with Gasteiger partial charge in [-0.15, -0.1) is 0 Å². The molecule has 3 aliphatic rings. The zero-order chi connectivity index (χ0) is 82.3. The predicted octanol–water partition coefficient (Wildman–Crippen LogP) is 21.3. The third kappa shape index (κ3) is 23.8. The molecule has 0 radical (unpaired) electrons. The van der Waals surface area contributed by atoms with Crippen LogP contribution in [0.15, 0.2) is 127 Å². The van der Waals surface area contributed by atoms with Crippen molar-refractivity contribution in [3.63, 3.8) is 0 Å². The fourth-order valence-electron chi connectivity index (χ4n) is 14.2. The molecule has 0 spiro atoms. The van der Waals surface area contributed by atoms with Gasteiger partial charge in [0.15, 0.2) is 0 Å². The van der Waals surface area contributed by atoms with Gasteiger partial charge in [-0.1, -0.05) is 55.6 Å². The molecule has 3 fully saturated rings. The normalized spacial score (nSPS) is 17.7. The standard InChI is InChI=1S/3C28H30ClF3N4O2/c3*1-3-4-26(37)36-22-11-5-17(13-16(22)2)27(38)34-20-9-7-19(8-10-20)33-24-15-25(28(30,31)32)35-23-12-6-18(29)14-21(23)24/h3*5-6,11-15,19-20H,3-4,7-10H2,1-2H3,(H,33,35)(H,34,38)(H,36,37). The van der Waals surface area contributed by atoms with Crippen molar-refractivity contribution >= 4 is 137 Å². The molecular weight excluding hydrogens is 1550 g/mol. The van der Waals surface area contributed by atoms with Crippen LogP contribution in [0.1, 0.15) is 201 Å². The van der Waals surface area contributed by atoms with Gasteiger partial charge in [0, 0.05) is 138 Å². The first-order valence-corrected chi connectivity index (χ1v) is 39.2. The van der Waals surface area contributed by atoms with Crippen molar-refractivity contribution in [2.24, 2.45) is 0 Å². The van der Waals surface area contributed by atoms with Gasteiger partial charge in [0.05, 0.1) is 16.6 Å². The number of nitrogens with one attached hydrogen (secondary N) is 9. The summed E-state index contributed by atoms with van der Waals surface area (Å²) in [5.41, 5.74) is 4.83.